The first kappa shape index (κ1) is 20.6. The van der Waals surface area contributed by atoms with E-state index in [0.29, 0.717) is 61.6 Å². The monoisotopic (exact) mass is 404 g/mol. The predicted octanol–water partition coefficient (Wildman–Crippen LogP) is 3.76. The van der Waals surface area contributed by atoms with Gasteiger partial charge in [0.15, 0.2) is 0 Å². The summed E-state index contributed by atoms with van der Waals surface area (Å²) in [6, 6.07) is 11.1. The summed E-state index contributed by atoms with van der Waals surface area (Å²) in [5.41, 5.74) is 1.45. The van der Waals surface area contributed by atoms with E-state index in [0.717, 1.165) is 5.56 Å². The topological polar surface area (TPSA) is 69.7 Å². The number of ether oxygens (including phenoxy) is 3. The van der Waals surface area contributed by atoms with E-state index < -0.39 is 5.41 Å². The Morgan fingerprint density at radius 3 is 2.64 bits per heavy atom. The summed E-state index contributed by atoms with van der Waals surface area (Å²) in [5, 5.41) is 3.64. The number of nitrogens with zero attached hydrogens (tertiary/aromatic N) is 1. The number of hydrogen-bond donors (Lipinski definition) is 1. The lowest BCUT2D eigenvalue weighted by Gasteiger charge is -2.36. The van der Waals surface area contributed by atoms with E-state index in [1.807, 2.05) is 37.3 Å². The summed E-state index contributed by atoms with van der Waals surface area (Å²) in [4.78, 5) is 17.8. The Bertz CT molecular complexity index is 822. The number of halogens is 1. The minimum Gasteiger partial charge on any atom is -0.475 e. The molecule has 0 radical (unpaired) electrons. The largest absolute Gasteiger partial charge is 0.475 e. The van der Waals surface area contributed by atoms with Gasteiger partial charge in [-0.1, -0.05) is 29.8 Å². The normalized spacial score (nSPS) is 15.8. The lowest BCUT2D eigenvalue weighted by Crippen LogP contribution is -2.45. The first-order valence-corrected chi connectivity index (χ1v) is 9.68. The first-order chi connectivity index (χ1) is 13.6. The maximum atomic E-state index is 13.4. The van der Waals surface area contributed by atoms with Gasteiger partial charge in [-0.15, -0.1) is 0 Å². The molecule has 3 rings (SSSR count). The number of carbonyl (C=O) groups is 1. The van der Waals surface area contributed by atoms with Gasteiger partial charge in [-0.2, -0.15) is 0 Å². The first-order valence-electron chi connectivity index (χ1n) is 9.30. The zero-order chi connectivity index (χ0) is 20.0. The number of benzene rings is 1. The van der Waals surface area contributed by atoms with Crippen molar-refractivity contribution in [2.75, 3.05) is 38.9 Å². The molecule has 0 aliphatic carbocycles. The third kappa shape index (κ3) is 4.46. The molecule has 1 fully saturated rings. The van der Waals surface area contributed by atoms with Gasteiger partial charge in [0.2, 0.25) is 11.8 Å². The van der Waals surface area contributed by atoms with Crippen molar-refractivity contribution in [3.8, 4) is 5.88 Å². The van der Waals surface area contributed by atoms with Crippen molar-refractivity contribution >= 4 is 23.2 Å². The van der Waals surface area contributed by atoms with Crippen molar-refractivity contribution in [2.24, 2.45) is 0 Å². The Labute approximate surface area is 170 Å². The van der Waals surface area contributed by atoms with Crippen molar-refractivity contribution in [3.63, 3.8) is 0 Å². The molecule has 0 bridgehead atoms. The van der Waals surface area contributed by atoms with Crippen molar-refractivity contribution in [1.29, 1.82) is 0 Å². The molecule has 2 heterocycles. The maximum absolute atomic E-state index is 13.4. The van der Waals surface area contributed by atoms with Crippen LogP contribution < -0.4 is 10.1 Å². The SMILES string of the molecule is COCCOc1ccc(NC(=O)C2(c3ccccc3Cl)CCOCC2)c(C)n1. The highest BCUT2D eigenvalue weighted by molar-refractivity contribution is 6.31. The number of rotatable bonds is 7. The molecule has 0 saturated carbocycles. The number of aromatic nitrogens is 1. The maximum Gasteiger partial charge on any atom is 0.235 e. The van der Waals surface area contributed by atoms with Crippen LogP contribution in [0.5, 0.6) is 5.88 Å². The molecule has 1 saturated heterocycles. The average Bonchev–Trinajstić information content (AvgIpc) is 2.71. The average molecular weight is 405 g/mol. The van der Waals surface area contributed by atoms with Gasteiger partial charge in [0.05, 0.1) is 23.4 Å². The number of pyridine rings is 1. The number of carbonyl (C=O) groups excluding carboxylic acids is 1. The molecule has 1 aromatic heterocycles. The Kier molecular flexibility index (Phi) is 6.88. The molecular formula is C21H25ClN2O4. The van der Waals surface area contributed by atoms with Crippen LogP contribution in [0.15, 0.2) is 36.4 Å². The number of nitrogens with one attached hydrogen (secondary N) is 1. The van der Waals surface area contributed by atoms with E-state index in [1.165, 1.54) is 0 Å². The standard InChI is InChI=1S/C21H25ClN2O4/c1-15-18(7-8-19(23-15)28-14-13-26-2)24-20(25)21(9-11-27-12-10-21)16-5-3-4-6-17(16)22/h3-8H,9-14H2,1-2H3,(H,24,25). The Hall–Kier alpha value is -2.15. The summed E-state index contributed by atoms with van der Waals surface area (Å²) in [6.45, 7) is 3.78. The van der Waals surface area contributed by atoms with Crippen LogP contribution in [0.1, 0.15) is 24.1 Å². The molecular weight excluding hydrogens is 380 g/mol. The Balaban J connectivity index is 1.82. The van der Waals surface area contributed by atoms with Crippen LogP contribution >= 0.6 is 11.6 Å². The molecule has 28 heavy (non-hydrogen) atoms. The molecule has 1 N–H and O–H groups in total. The smallest absolute Gasteiger partial charge is 0.235 e. The molecule has 1 aromatic carbocycles. The molecule has 0 spiro atoms. The lowest BCUT2D eigenvalue weighted by molar-refractivity contribution is -0.125. The van der Waals surface area contributed by atoms with Gasteiger partial charge in [0.1, 0.15) is 6.61 Å². The number of hydrogen-bond acceptors (Lipinski definition) is 5. The fraction of sp³-hybridized carbons (Fsp3) is 0.429. The van der Waals surface area contributed by atoms with Crippen LogP contribution in [-0.2, 0) is 19.7 Å². The highest BCUT2D eigenvalue weighted by Crippen LogP contribution is 2.39. The van der Waals surface area contributed by atoms with Crippen LogP contribution in [0, 0.1) is 6.92 Å². The summed E-state index contributed by atoms with van der Waals surface area (Å²) in [5.74, 6) is 0.404. The van der Waals surface area contributed by atoms with Gasteiger partial charge in [-0.3, -0.25) is 4.79 Å². The predicted molar refractivity (Wildman–Crippen MR) is 108 cm³/mol. The lowest BCUT2D eigenvalue weighted by atomic mass is 9.73. The quantitative estimate of drug-likeness (QED) is 0.711. The van der Waals surface area contributed by atoms with Gasteiger partial charge in [0, 0.05) is 31.4 Å². The van der Waals surface area contributed by atoms with E-state index in [1.54, 1.807) is 13.2 Å². The van der Waals surface area contributed by atoms with Crippen LogP contribution in [0.3, 0.4) is 0 Å². The summed E-state index contributed by atoms with van der Waals surface area (Å²) >= 11 is 6.45. The highest BCUT2D eigenvalue weighted by Gasteiger charge is 2.43. The molecule has 1 aliphatic heterocycles. The number of methoxy groups -OCH3 is 1. The van der Waals surface area contributed by atoms with Gasteiger partial charge < -0.3 is 19.5 Å². The van der Waals surface area contributed by atoms with Crippen molar-refractivity contribution < 1.29 is 19.0 Å². The summed E-state index contributed by atoms with van der Waals surface area (Å²) in [7, 11) is 1.62. The third-order valence-corrected chi connectivity index (χ3v) is 5.35. The molecule has 1 amide bonds. The molecule has 150 valence electrons. The van der Waals surface area contributed by atoms with Crippen LogP contribution in [0.2, 0.25) is 5.02 Å². The van der Waals surface area contributed by atoms with Gasteiger partial charge in [-0.25, -0.2) is 4.98 Å². The second kappa shape index (κ2) is 9.37. The number of aryl methyl sites for hydroxylation is 1. The molecule has 7 heteroatoms. The molecule has 0 unspecified atom stereocenters. The Morgan fingerprint density at radius 1 is 1.21 bits per heavy atom. The minimum absolute atomic E-state index is 0.0955. The zero-order valence-corrected chi connectivity index (χ0v) is 16.9. The molecule has 2 aromatic rings. The van der Waals surface area contributed by atoms with Gasteiger partial charge >= 0.3 is 0 Å². The zero-order valence-electron chi connectivity index (χ0n) is 16.2. The number of amides is 1. The van der Waals surface area contributed by atoms with Crippen molar-refractivity contribution in [2.45, 2.75) is 25.2 Å². The van der Waals surface area contributed by atoms with E-state index in [2.05, 4.69) is 10.3 Å². The van der Waals surface area contributed by atoms with Crippen LogP contribution in [0.25, 0.3) is 0 Å². The molecule has 0 atom stereocenters. The van der Waals surface area contributed by atoms with Crippen molar-refractivity contribution in [1.82, 2.24) is 4.98 Å². The van der Waals surface area contributed by atoms with Crippen LogP contribution in [-0.4, -0.2) is 44.4 Å². The van der Waals surface area contributed by atoms with E-state index in [-0.39, 0.29) is 5.91 Å². The fourth-order valence-electron chi connectivity index (χ4n) is 3.41. The van der Waals surface area contributed by atoms with Crippen molar-refractivity contribution in [3.05, 3.63) is 52.7 Å². The summed E-state index contributed by atoms with van der Waals surface area (Å²) < 4.78 is 16.0. The third-order valence-electron chi connectivity index (χ3n) is 5.02. The van der Waals surface area contributed by atoms with E-state index in [4.69, 9.17) is 25.8 Å². The number of anilines is 1. The second-order valence-electron chi connectivity index (χ2n) is 6.75. The molecule has 1 aliphatic rings. The van der Waals surface area contributed by atoms with E-state index >= 15 is 0 Å². The molecule has 6 nitrogen and oxygen atoms in total. The Morgan fingerprint density at radius 2 is 1.96 bits per heavy atom. The fourth-order valence-corrected chi connectivity index (χ4v) is 3.73. The van der Waals surface area contributed by atoms with Gasteiger partial charge in [-0.05, 0) is 37.5 Å². The minimum atomic E-state index is -0.726. The second-order valence-corrected chi connectivity index (χ2v) is 7.16. The highest BCUT2D eigenvalue weighted by atomic mass is 35.5. The van der Waals surface area contributed by atoms with Crippen LogP contribution in [0.4, 0.5) is 5.69 Å². The van der Waals surface area contributed by atoms with Gasteiger partial charge in [0.25, 0.3) is 0 Å². The van der Waals surface area contributed by atoms with E-state index in [9.17, 15) is 4.79 Å². The summed E-state index contributed by atoms with van der Waals surface area (Å²) in [6.07, 6.45) is 1.15.